The van der Waals surface area contributed by atoms with E-state index >= 15 is 0 Å². The zero-order valence-electron chi connectivity index (χ0n) is 57.4. The number of aliphatic imine (C=N–C) groups is 1. The van der Waals surface area contributed by atoms with E-state index in [0.29, 0.717) is 62.7 Å². The van der Waals surface area contributed by atoms with Crippen LogP contribution in [0.4, 0.5) is 0 Å². The predicted molar refractivity (Wildman–Crippen MR) is 373 cm³/mol. The predicted octanol–water partition coefficient (Wildman–Crippen LogP) is 6.51. The number of hydrogen-bond acceptors (Lipinski definition) is 13. The molecule has 4 heterocycles. The van der Waals surface area contributed by atoms with Crippen molar-refractivity contribution in [1.29, 1.82) is 0 Å². The van der Waals surface area contributed by atoms with Gasteiger partial charge in [0.2, 0.25) is 35.4 Å². The van der Waals surface area contributed by atoms with Gasteiger partial charge in [0.25, 0.3) is 0 Å². The van der Waals surface area contributed by atoms with E-state index in [0.717, 1.165) is 127 Å². The topological polar surface area (TPSA) is 257 Å². The first-order valence-corrected chi connectivity index (χ1v) is 36.8. The molecule has 0 spiro atoms. The molecule has 8 N–H and O–H groups in total. The number of likely N-dealkylation sites (N-methyl/N-ethyl adjacent to an activating group) is 2. The van der Waals surface area contributed by atoms with Gasteiger partial charge in [-0.05, 0) is 132 Å². The van der Waals surface area contributed by atoms with Crippen LogP contribution in [0, 0.1) is 60.2 Å². The van der Waals surface area contributed by atoms with Gasteiger partial charge in [0.15, 0.2) is 0 Å². The number of nitrogens with one attached hydrogen (secondary N) is 4. The van der Waals surface area contributed by atoms with Gasteiger partial charge in [0, 0.05) is 89.7 Å². The number of amides is 6. The lowest BCUT2D eigenvalue weighted by Gasteiger charge is -2.40. The molecule has 8 aliphatic rings. The molecule has 2 aromatic carbocycles. The van der Waals surface area contributed by atoms with Crippen LogP contribution in [0.1, 0.15) is 184 Å². The maximum Gasteiger partial charge on any atom is 0.242 e. The molecule has 19 heteroatoms. The van der Waals surface area contributed by atoms with E-state index in [-0.39, 0.29) is 86.1 Å². The third kappa shape index (κ3) is 21.9. The molecule has 4 bridgehead atoms. The lowest BCUT2D eigenvalue weighted by molar-refractivity contribution is -0.139. The molecule has 19 nitrogen and oxygen atoms in total. The molecule has 7 fully saturated rings. The van der Waals surface area contributed by atoms with Gasteiger partial charge in [0.05, 0.1) is 48.7 Å². The highest BCUT2D eigenvalue weighted by Crippen LogP contribution is 2.39. The fraction of sp³-hybridized carbons (Fsp3) is 0.701. The minimum atomic E-state index is -1.09. The summed E-state index contributed by atoms with van der Waals surface area (Å²) in [5, 5.41) is 56.1. The van der Waals surface area contributed by atoms with E-state index in [1.54, 1.807) is 4.90 Å². The monoisotopic (exact) mass is 1320 g/mol. The molecule has 6 amide bonds. The minimum absolute atomic E-state index is 0.0207. The van der Waals surface area contributed by atoms with E-state index in [9.17, 15) is 49.2 Å². The van der Waals surface area contributed by atoms with Crippen LogP contribution in [0.25, 0.3) is 0 Å². The van der Waals surface area contributed by atoms with Crippen LogP contribution in [-0.2, 0) is 41.6 Å². The SMILES string of the molecule is C#CCC[C@H](NC(=O)[C@@H](CC(=O)N(C)CCN1C2CCC1CN(C)C2)Cc1ccccc1)C(=O)N[C@@H](CC1CCCCC1)[C@@H](O)[C@@H](O)C1CC1.C#CCC[C@H](NC(=O)[C@@H](CC(=O)N1C2CC=NCC1CC2)Cc1ccccc1)C(=O)N[C@@H](CC1CCCCC1)[C@@H](O)[C@@H](O)C1CC1. The lowest BCUT2D eigenvalue weighted by atomic mass is 9.82. The first-order chi connectivity index (χ1) is 46.5. The highest BCUT2D eigenvalue weighted by Gasteiger charge is 2.44. The number of piperazine rings is 1. The maximum atomic E-state index is 14.0. The number of likely N-dealkylation sites (tertiary alicyclic amines) is 1. The van der Waals surface area contributed by atoms with Crippen molar-refractivity contribution in [3.63, 3.8) is 0 Å². The Morgan fingerprint density at radius 2 is 1.02 bits per heavy atom. The van der Waals surface area contributed by atoms with Crippen molar-refractivity contribution in [1.82, 2.24) is 40.9 Å². The van der Waals surface area contributed by atoms with Crippen molar-refractivity contribution in [3.8, 4) is 24.7 Å². The number of fused-ring (bicyclic) bond motifs is 4. The second kappa shape index (κ2) is 37.1. The second-order valence-electron chi connectivity index (χ2n) is 29.8. The Morgan fingerprint density at radius 3 is 1.48 bits per heavy atom. The molecule has 0 radical (unpaired) electrons. The molecule has 4 aliphatic carbocycles. The zero-order valence-corrected chi connectivity index (χ0v) is 57.4. The van der Waals surface area contributed by atoms with Crippen LogP contribution < -0.4 is 21.3 Å². The fourth-order valence-corrected chi connectivity index (χ4v) is 16.3. The summed E-state index contributed by atoms with van der Waals surface area (Å²) in [6.45, 7) is 4.13. The normalized spacial score (nSPS) is 24.5. The number of nitrogens with zero attached hydrogens (tertiary/aromatic N) is 5. The molecular weight excluding hydrogens is 1210 g/mol. The van der Waals surface area contributed by atoms with Crippen molar-refractivity contribution >= 4 is 41.7 Å². The summed E-state index contributed by atoms with van der Waals surface area (Å²) >= 11 is 0. The fourth-order valence-electron chi connectivity index (χ4n) is 16.3. The Morgan fingerprint density at radius 1 is 0.573 bits per heavy atom. The summed E-state index contributed by atoms with van der Waals surface area (Å²) < 4.78 is 0. The van der Waals surface area contributed by atoms with Gasteiger partial charge in [-0.2, -0.15) is 0 Å². The Bertz CT molecular complexity index is 2890. The van der Waals surface area contributed by atoms with Gasteiger partial charge < -0.3 is 56.4 Å². The molecule has 14 atom stereocenters. The molecule has 0 aromatic heterocycles. The molecule has 4 aliphatic heterocycles. The van der Waals surface area contributed by atoms with Gasteiger partial charge >= 0.3 is 0 Å². The van der Waals surface area contributed by atoms with E-state index in [2.05, 4.69) is 54.9 Å². The van der Waals surface area contributed by atoms with Crippen LogP contribution in [0.5, 0.6) is 0 Å². The van der Waals surface area contributed by atoms with Gasteiger partial charge in [-0.25, -0.2) is 0 Å². The number of carbonyl (C=O) groups is 6. The standard InChI is InChI=1S/C40H61N5O5.C37H52N4O5/c1-4-5-16-34(40(50)42-35(24-29-14-10-7-11-15-29)38(48)37(47)30-17-18-30)41-39(49)31(23-28-12-8-6-9-13-28)25-36(46)44(3)21-22-45-32-19-20-33(45)27-43(2)26-32;1-2-3-14-31(37(46)40-32(22-26-12-8-5-9-13-26)35(44)34(43)27-15-16-27)39-36(45)28(21-25-10-6-4-7-11-25)23-33(42)41-29-17-18-30(41)24-38-20-19-29/h1,6,8-9,12-13,29-35,37-38,47-48H,5,7,10-11,14-27H2,2-3H3,(H,41,49)(H,42,50);1,4,6-7,10-11,20,26-32,34-35,43-44H,3,5,8-9,12-19,21-24H2,(H,39,45)(H,40,46)/t31-,32?,33?,34+,35+,37+,38-;28-,29?,30?,31+,32+,34+,35-/m11/s1. The number of carbonyl (C=O) groups excluding carboxylic acids is 6. The van der Waals surface area contributed by atoms with Gasteiger partial charge in [-0.1, -0.05) is 125 Å². The van der Waals surface area contributed by atoms with Gasteiger partial charge in [-0.3, -0.25) is 38.7 Å². The third-order valence-electron chi connectivity index (χ3n) is 22.3. The van der Waals surface area contributed by atoms with Crippen molar-refractivity contribution in [2.24, 2.45) is 40.5 Å². The average molecular weight is 1320 g/mol. The largest absolute Gasteiger partial charge is 0.390 e. The average Bonchev–Trinajstić information content (AvgIpc) is 1.70. The Balaban J connectivity index is 0.000000226. The van der Waals surface area contributed by atoms with E-state index in [1.807, 2.05) is 78.8 Å². The molecule has 4 saturated carbocycles. The van der Waals surface area contributed by atoms with Crippen LogP contribution in [0.15, 0.2) is 65.7 Å². The molecule has 96 heavy (non-hydrogen) atoms. The maximum absolute atomic E-state index is 14.0. The van der Waals surface area contributed by atoms with Crippen LogP contribution >= 0.6 is 0 Å². The summed E-state index contributed by atoms with van der Waals surface area (Å²) in [5.74, 6) is 2.92. The smallest absolute Gasteiger partial charge is 0.242 e. The van der Waals surface area contributed by atoms with E-state index in [4.69, 9.17) is 12.8 Å². The zero-order chi connectivity index (χ0) is 68.1. The molecule has 10 rings (SSSR count). The Labute approximate surface area is 571 Å². The summed E-state index contributed by atoms with van der Waals surface area (Å²) in [4.78, 5) is 96.3. The lowest BCUT2D eigenvalue weighted by Crippen LogP contribution is -2.56. The van der Waals surface area contributed by atoms with Gasteiger partial charge in [-0.15, -0.1) is 24.7 Å². The molecular formula is C77H113N9O10. The molecule has 526 valence electrons. The first-order valence-electron chi connectivity index (χ1n) is 36.8. The molecule has 4 unspecified atom stereocenters. The van der Waals surface area contributed by atoms with Crippen molar-refractivity contribution in [2.75, 3.05) is 46.8 Å². The first kappa shape index (κ1) is 74.0. The summed E-state index contributed by atoms with van der Waals surface area (Å²) in [6, 6.07) is 17.4. The molecule has 3 saturated heterocycles. The molecule has 2 aromatic rings. The Hall–Kier alpha value is -6.19. The summed E-state index contributed by atoms with van der Waals surface area (Å²) in [7, 11) is 3.99. The third-order valence-corrected chi connectivity index (χ3v) is 22.3. The number of terminal acetylenes is 2. The summed E-state index contributed by atoms with van der Waals surface area (Å²) in [5.41, 5.74) is 1.87. The number of aliphatic hydroxyl groups excluding tert-OH is 4. The number of hydrogen-bond donors (Lipinski definition) is 8. The highest BCUT2D eigenvalue weighted by molar-refractivity contribution is 5.92. The quantitative estimate of drug-likeness (QED) is 0.0356. The second-order valence-corrected chi connectivity index (χ2v) is 29.8. The number of aliphatic hydroxyl groups is 4. The van der Waals surface area contributed by atoms with E-state index in [1.165, 1.54) is 25.7 Å². The number of rotatable bonds is 33. The highest BCUT2D eigenvalue weighted by atomic mass is 16.3. The van der Waals surface area contributed by atoms with Crippen molar-refractivity contribution in [2.45, 2.75) is 259 Å². The van der Waals surface area contributed by atoms with Crippen molar-refractivity contribution in [3.05, 3.63) is 71.8 Å². The van der Waals surface area contributed by atoms with Crippen LogP contribution in [-0.4, -0.2) is 201 Å². The van der Waals surface area contributed by atoms with E-state index < -0.39 is 72.2 Å². The minimum Gasteiger partial charge on any atom is -0.390 e. The van der Waals surface area contributed by atoms with Crippen LogP contribution in [0.2, 0.25) is 0 Å². The van der Waals surface area contributed by atoms with Gasteiger partial charge in [0.1, 0.15) is 24.3 Å². The van der Waals surface area contributed by atoms with Crippen LogP contribution in [0.3, 0.4) is 0 Å². The van der Waals surface area contributed by atoms with Crippen molar-refractivity contribution < 1.29 is 49.2 Å². The number of benzene rings is 2. The Kier molecular flexibility index (Phi) is 28.6. The summed E-state index contributed by atoms with van der Waals surface area (Å²) in [6.07, 6.45) is 31.6.